The molecule has 0 aromatic heterocycles. The summed E-state index contributed by atoms with van der Waals surface area (Å²) in [6, 6.07) is 4.96. The summed E-state index contributed by atoms with van der Waals surface area (Å²) in [6.45, 7) is 0. The van der Waals surface area contributed by atoms with Crippen LogP contribution in [-0.2, 0) is 6.42 Å². The zero-order valence-corrected chi connectivity index (χ0v) is 10.9. The van der Waals surface area contributed by atoms with E-state index in [4.69, 9.17) is 0 Å². The molecule has 2 aromatic rings. The molecule has 0 N–H and O–H groups in total. The van der Waals surface area contributed by atoms with Crippen LogP contribution >= 0.6 is 0 Å². The molecule has 0 aliphatic carbocycles. The number of methoxy groups -OCH3 is 1. The lowest BCUT2D eigenvalue weighted by Gasteiger charge is -2.08. The fraction of sp³-hybridized carbons (Fsp3) is 0.133. The van der Waals surface area contributed by atoms with Crippen molar-refractivity contribution in [3.05, 3.63) is 64.7 Å². The average Bonchev–Trinajstić information content (AvgIpc) is 2.43. The maximum Gasteiger partial charge on any atom is 0.173 e. The van der Waals surface area contributed by atoms with Crippen molar-refractivity contribution in [1.29, 1.82) is 0 Å². The Kier molecular flexibility index (Phi) is 4.26. The standard InChI is InChI=1S/C15H10F4O2/c1-21-9-6-11(17)14(12(18)7-9)13(20)5-8-3-2-4-10(16)15(8)19/h2-4,6-7H,5H2,1H3. The highest BCUT2D eigenvalue weighted by atomic mass is 19.2. The van der Waals surface area contributed by atoms with Crippen molar-refractivity contribution >= 4 is 5.78 Å². The minimum atomic E-state index is -1.21. The average molecular weight is 298 g/mol. The summed E-state index contributed by atoms with van der Waals surface area (Å²) in [7, 11) is 1.22. The number of ether oxygens (including phenoxy) is 1. The van der Waals surface area contributed by atoms with Gasteiger partial charge < -0.3 is 4.74 Å². The van der Waals surface area contributed by atoms with Gasteiger partial charge in [-0.2, -0.15) is 0 Å². The van der Waals surface area contributed by atoms with Gasteiger partial charge in [0.25, 0.3) is 0 Å². The Labute approximate surface area is 118 Å². The predicted octanol–water partition coefficient (Wildman–Crippen LogP) is 3.68. The van der Waals surface area contributed by atoms with Crippen LogP contribution in [0.4, 0.5) is 17.6 Å². The lowest BCUT2D eigenvalue weighted by Crippen LogP contribution is -2.11. The van der Waals surface area contributed by atoms with Crippen LogP contribution in [-0.4, -0.2) is 12.9 Å². The molecule has 0 bridgehead atoms. The van der Waals surface area contributed by atoms with E-state index in [1.54, 1.807) is 0 Å². The lowest BCUT2D eigenvalue weighted by molar-refractivity contribution is 0.0983. The first kappa shape index (κ1) is 15.0. The first-order valence-electron chi connectivity index (χ1n) is 5.93. The highest BCUT2D eigenvalue weighted by molar-refractivity contribution is 5.98. The molecule has 0 aliphatic heterocycles. The van der Waals surface area contributed by atoms with Crippen molar-refractivity contribution in [2.75, 3.05) is 7.11 Å². The van der Waals surface area contributed by atoms with Gasteiger partial charge in [-0.05, 0) is 11.6 Å². The topological polar surface area (TPSA) is 26.3 Å². The van der Waals surface area contributed by atoms with Crippen molar-refractivity contribution in [3.63, 3.8) is 0 Å². The van der Waals surface area contributed by atoms with Gasteiger partial charge in [-0.15, -0.1) is 0 Å². The molecule has 2 rings (SSSR count). The Morgan fingerprint density at radius 3 is 2.24 bits per heavy atom. The van der Waals surface area contributed by atoms with E-state index in [9.17, 15) is 22.4 Å². The molecule has 0 saturated carbocycles. The van der Waals surface area contributed by atoms with E-state index in [1.807, 2.05) is 0 Å². The molecule has 0 atom stereocenters. The van der Waals surface area contributed by atoms with Gasteiger partial charge in [-0.25, -0.2) is 17.6 Å². The Hall–Kier alpha value is -2.37. The third-order valence-electron chi connectivity index (χ3n) is 2.91. The molecule has 0 heterocycles. The second-order valence-corrected chi connectivity index (χ2v) is 4.28. The van der Waals surface area contributed by atoms with Gasteiger partial charge in [0.15, 0.2) is 17.4 Å². The van der Waals surface area contributed by atoms with Crippen LogP contribution in [0.5, 0.6) is 5.75 Å². The molecule has 0 amide bonds. The lowest BCUT2D eigenvalue weighted by atomic mass is 10.0. The summed E-state index contributed by atoms with van der Waals surface area (Å²) >= 11 is 0. The van der Waals surface area contributed by atoms with Gasteiger partial charge in [0, 0.05) is 18.6 Å². The molecule has 110 valence electrons. The maximum atomic E-state index is 13.7. The van der Waals surface area contributed by atoms with E-state index in [0.717, 1.165) is 18.2 Å². The van der Waals surface area contributed by atoms with E-state index in [0.29, 0.717) is 0 Å². The smallest absolute Gasteiger partial charge is 0.173 e. The zero-order valence-electron chi connectivity index (χ0n) is 10.9. The molecule has 2 nitrogen and oxygen atoms in total. The van der Waals surface area contributed by atoms with E-state index in [1.165, 1.54) is 19.2 Å². The molecule has 0 fully saturated rings. The molecule has 2 aromatic carbocycles. The Balaban J connectivity index is 2.35. The fourth-order valence-corrected chi connectivity index (χ4v) is 1.88. The number of rotatable bonds is 4. The van der Waals surface area contributed by atoms with Crippen LogP contribution in [0.25, 0.3) is 0 Å². The highest BCUT2D eigenvalue weighted by Crippen LogP contribution is 2.22. The SMILES string of the molecule is COc1cc(F)c(C(=O)Cc2cccc(F)c2F)c(F)c1. The first-order chi connectivity index (χ1) is 9.93. The summed E-state index contributed by atoms with van der Waals surface area (Å²) in [4.78, 5) is 11.9. The van der Waals surface area contributed by atoms with E-state index < -0.39 is 41.0 Å². The van der Waals surface area contributed by atoms with Gasteiger partial charge in [-0.1, -0.05) is 12.1 Å². The monoisotopic (exact) mass is 298 g/mol. The predicted molar refractivity (Wildman–Crippen MR) is 67.3 cm³/mol. The molecule has 0 aliphatic rings. The Morgan fingerprint density at radius 1 is 1.05 bits per heavy atom. The summed E-state index contributed by atoms with van der Waals surface area (Å²) in [5.74, 6) is -5.64. The quantitative estimate of drug-likeness (QED) is 0.636. The number of carbonyl (C=O) groups excluding carboxylic acids is 1. The summed E-state index contributed by atoms with van der Waals surface area (Å²) in [6.07, 6.45) is -0.649. The van der Waals surface area contributed by atoms with E-state index in [-0.39, 0.29) is 11.3 Å². The summed E-state index contributed by atoms with van der Waals surface area (Å²) in [5.41, 5.74) is -1.07. The van der Waals surface area contributed by atoms with Crippen LogP contribution in [0.3, 0.4) is 0 Å². The summed E-state index contributed by atoms with van der Waals surface area (Å²) in [5, 5.41) is 0. The largest absolute Gasteiger partial charge is 0.497 e. The van der Waals surface area contributed by atoms with Gasteiger partial charge >= 0.3 is 0 Å². The van der Waals surface area contributed by atoms with E-state index in [2.05, 4.69) is 4.74 Å². The second kappa shape index (κ2) is 5.95. The maximum absolute atomic E-state index is 13.7. The molecular formula is C15H10F4O2. The van der Waals surface area contributed by atoms with Crippen LogP contribution < -0.4 is 4.74 Å². The normalized spacial score (nSPS) is 10.5. The number of hydrogen-bond acceptors (Lipinski definition) is 2. The number of hydrogen-bond donors (Lipinski definition) is 0. The molecule has 6 heteroatoms. The van der Waals surface area contributed by atoms with Gasteiger partial charge in [0.05, 0.1) is 12.7 Å². The highest BCUT2D eigenvalue weighted by Gasteiger charge is 2.21. The molecule has 0 spiro atoms. The number of carbonyl (C=O) groups is 1. The number of ketones is 1. The first-order valence-corrected chi connectivity index (χ1v) is 5.93. The van der Waals surface area contributed by atoms with Crippen molar-refractivity contribution in [2.45, 2.75) is 6.42 Å². The Bertz CT molecular complexity index is 675. The third-order valence-corrected chi connectivity index (χ3v) is 2.91. The Morgan fingerprint density at radius 2 is 1.67 bits per heavy atom. The molecule has 0 unspecified atom stereocenters. The number of halogens is 4. The molecule has 0 radical (unpaired) electrons. The minimum absolute atomic E-state index is 0.0847. The molecule has 21 heavy (non-hydrogen) atoms. The number of Topliss-reactive ketones (excluding diaryl/α,β-unsaturated/α-hetero) is 1. The minimum Gasteiger partial charge on any atom is -0.497 e. The van der Waals surface area contributed by atoms with Crippen molar-refractivity contribution < 1.29 is 27.1 Å². The van der Waals surface area contributed by atoms with Crippen LogP contribution in [0.2, 0.25) is 0 Å². The molecule has 0 saturated heterocycles. The van der Waals surface area contributed by atoms with E-state index >= 15 is 0 Å². The fourth-order valence-electron chi connectivity index (χ4n) is 1.88. The van der Waals surface area contributed by atoms with Crippen molar-refractivity contribution in [2.24, 2.45) is 0 Å². The van der Waals surface area contributed by atoms with Crippen LogP contribution in [0, 0.1) is 23.3 Å². The van der Waals surface area contributed by atoms with Crippen LogP contribution in [0.15, 0.2) is 30.3 Å². The van der Waals surface area contributed by atoms with Gasteiger partial charge in [-0.3, -0.25) is 4.79 Å². The summed E-state index contributed by atoms with van der Waals surface area (Å²) < 4.78 is 58.6. The third kappa shape index (κ3) is 3.04. The van der Waals surface area contributed by atoms with Gasteiger partial charge in [0.2, 0.25) is 0 Å². The van der Waals surface area contributed by atoms with Crippen LogP contribution in [0.1, 0.15) is 15.9 Å². The number of benzene rings is 2. The zero-order chi connectivity index (χ0) is 15.6. The van der Waals surface area contributed by atoms with Crippen molar-refractivity contribution in [3.8, 4) is 5.75 Å². The molecular weight excluding hydrogens is 288 g/mol. The second-order valence-electron chi connectivity index (χ2n) is 4.28. The van der Waals surface area contributed by atoms with Gasteiger partial charge in [0.1, 0.15) is 17.4 Å². The van der Waals surface area contributed by atoms with Crippen molar-refractivity contribution in [1.82, 2.24) is 0 Å².